The normalized spacial score (nSPS) is 17.1. The number of anilines is 1. The number of morpholine rings is 1. The van der Waals surface area contributed by atoms with Gasteiger partial charge in [0.15, 0.2) is 11.0 Å². The molecule has 7 nitrogen and oxygen atoms in total. The first kappa shape index (κ1) is 19.9. The van der Waals surface area contributed by atoms with Crippen LogP contribution in [0.3, 0.4) is 0 Å². The molecule has 8 heteroatoms. The van der Waals surface area contributed by atoms with E-state index in [1.54, 1.807) is 11.3 Å². The van der Waals surface area contributed by atoms with E-state index < -0.39 is 0 Å². The molecule has 2 aliphatic rings. The van der Waals surface area contributed by atoms with E-state index in [-0.39, 0.29) is 0 Å². The van der Waals surface area contributed by atoms with Crippen LogP contribution in [0.15, 0.2) is 30.3 Å². The van der Waals surface area contributed by atoms with Crippen molar-refractivity contribution >= 4 is 28.1 Å². The first-order valence-electron chi connectivity index (χ1n) is 10.8. The number of hydrogen-bond donors (Lipinski definition) is 0. The Morgan fingerprint density at radius 1 is 1.06 bits per heavy atom. The van der Waals surface area contributed by atoms with Crippen LogP contribution in [0.4, 0.5) is 5.13 Å². The zero-order valence-electron chi connectivity index (χ0n) is 17.3. The Labute approximate surface area is 185 Å². The van der Waals surface area contributed by atoms with E-state index in [1.807, 2.05) is 24.3 Å². The van der Waals surface area contributed by atoms with E-state index in [4.69, 9.17) is 9.72 Å². The van der Waals surface area contributed by atoms with Crippen LogP contribution in [-0.4, -0.2) is 46.1 Å². The Kier molecular flexibility index (Phi) is 5.78. The van der Waals surface area contributed by atoms with Crippen LogP contribution in [0.25, 0.3) is 22.9 Å². The van der Waals surface area contributed by atoms with Crippen molar-refractivity contribution in [2.24, 2.45) is 0 Å². The number of benzene rings is 1. The van der Waals surface area contributed by atoms with Crippen molar-refractivity contribution in [3.05, 3.63) is 46.9 Å². The van der Waals surface area contributed by atoms with Gasteiger partial charge in [-0.25, -0.2) is 4.98 Å². The summed E-state index contributed by atoms with van der Waals surface area (Å²) < 4.78 is 7.62. The molecule has 0 aliphatic carbocycles. The summed E-state index contributed by atoms with van der Waals surface area (Å²) in [7, 11) is 0. The van der Waals surface area contributed by atoms with E-state index in [1.165, 1.54) is 6.42 Å². The average Bonchev–Trinajstić information content (AvgIpc) is 3.35. The first-order chi connectivity index (χ1) is 15.3. The van der Waals surface area contributed by atoms with Crippen molar-refractivity contribution in [3.8, 4) is 17.3 Å². The molecule has 2 aromatic heterocycles. The molecule has 0 saturated carbocycles. The molecule has 3 aromatic rings. The second kappa shape index (κ2) is 9.00. The van der Waals surface area contributed by atoms with E-state index in [2.05, 4.69) is 37.9 Å². The third kappa shape index (κ3) is 4.11. The lowest BCUT2D eigenvalue weighted by Gasteiger charge is -2.26. The SMILES string of the molecule is N#C/C(=C\c1sc(N2CCOCC2)nc1-c1ccccc1)c1nnc2n1CCCCC2. The predicted octanol–water partition coefficient (Wildman–Crippen LogP) is 4.03. The highest BCUT2D eigenvalue weighted by atomic mass is 32.1. The minimum atomic E-state index is 0.537. The van der Waals surface area contributed by atoms with E-state index >= 15 is 0 Å². The number of ether oxygens (including phenoxy) is 1. The number of thiazole rings is 1. The number of rotatable bonds is 4. The van der Waals surface area contributed by atoms with Crippen LogP contribution >= 0.6 is 11.3 Å². The number of hydrogen-bond acceptors (Lipinski definition) is 7. The Morgan fingerprint density at radius 3 is 2.71 bits per heavy atom. The summed E-state index contributed by atoms with van der Waals surface area (Å²) in [5.74, 6) is 1.65. The second-order valence-electron chi connectivity index (χ2n) is 7.75. The van der Waals surface area contributed by atoms with Gasteiger partial charge in [-0.2, -0.15) is 5.26 Å². The molecule has 31 heavy (non-hydrogen) atoms. The minimum Gasteiger partial charge on any atom is -0.378 e. The van der Waals surface area contributed by atoms with Crippen molar-refractivity contribution in [2.45, 2.75) is 32.2 Å². The van der Waals surface area contributed by atoms with Gasteiger partial charge in [0.05, 0.1) is 29.4 Å². The van der Waals surface area contributed by atoms with E-state index in [0.29, 0.717) is 24.6 Å². The summed E-state index contributed by atoms with van der Waals surface area (Å²) in [5, 5.41) is 19.7. The Hall–Kier alpha value is -3.02. The van der Waals surface area contributed by atoms with Gasteiger partial charge in [-0.05, 0) is 18.9 Å². The lowest BCUT2D eigenvalue weighted by atomic mass is 10.1. The Morgan fingerprint density at radius 2 is 1.90 bits per heavy atom. The standard InChI is InChI=1S/C23H24N6OS/c24-16-18(22-27-26-20-9-5-2-6-10-29(20)22)15-19-21(17-7-3-1-4-8-17)25-23(31-19)28-11-13-30-14-12-28/h1,3-4,7-8,15H,2,5-6,9-14H2/b18-15+. The van der Waals surface area contributed by atoms with Crippen LogP contribution in [0.1, 0.15) is 35.8 Å². The van der Waals surface area contributed by atoms with Crippen molar-refractivity contribution in [3.63, 3.8) is 0 Å². The van der Waals surface area contributed by atoms with Crippen molar-refractivity contribution < 1.29 is 4.74 Å². The Bertz CT molecular complexity index is 1120. The van der Waals surface area contributed by atoms with Gasteiger partial charge in [0.25, 0.3) is 0 Å². The topological polar surface area (TPSA) is 79.9 Å². The fourth-order valence-corrected chi connectivity index (χ4v) is 5.16. The Balaban J connectivity index is 1.58. The summed E-state index contributed by atoms with van der Waals surface area (Å²) in [5.41, 5.74) is 2.48. The summed E-state index contributed by atoms with van der Waals surface area (Å²) in [6.07, 6.45) is 6.26. The molecular formula is C23H24N6OS. The second-order valence-corrected chi connectivity index (χ2v) is 8.76. The number of fused-ring (bicyclic) bond motifs is 1. The highest BCUT2D eigenvalue weighted by Gasteiger charge is 2.22. The molecule has 5 rings (SSSR count). The molecule has 158 valence electrons. The molecule has 0 N–H and O–H groups in total. The van der Waals surface area contributed by atoms with Gasteiger partial charge in [0.1, 0.15) is 11.9 Å². The average molecular weight is 433 g/mol. The maximum atomic E-state index is 10.0. The lowest BCUT2D eigenvalue weighted by molar-refractivity contribution is 0.122. The molecule has 1 fully saturated rings. The van der Waals surface area contributed by atoms with Crippen LogP contribution < -0.4 is 4.90 Å². The predicted molar refractivity (Wildman–Crippen MR) is 122 cm³/mol. The summed E-state index contributed by atoms with van der Waals surface area (Å²) in [6.45, 7) is 3.94. The zero-order chi connectivity index (χ0) is 21.0. The highest BCUT2D eigenvalue weighted by Crippen LogP contribution is 2.36. The third-order valence-corrected chi connectivity index (χ3v) is 6.78. The molecule has 0 atom stereocenters. The van der Waals surface area contributed by atoms with Crippen LogP contribution in [-0.2, 0) is 17.7 Å². The number of aryl methyl sites for hydroxylation is 1. The quantitative estimate of drug-likeness (QED) is 0.579. The number of nitrogens with zero attached hydrogens (tertiary/aromatic N) is 6. The molecule has 0 bridgehead atoms. The van der Waals surface area contributed by atoms with Gasteiger partial charge in [0.2, 0.25) is 0 Å². The largest absolute Gasteiger partial charge is 0.378 e. The maximum absolute atomic E-state index is 10.0. The lowest BCUT2D eigenvalue weighted by Crippen LogP contribution is -2.36. The van der Waals surface area contributed by atoms with E-state index in [9.17, 15) is 5.26 Å². The van der Waals surface area contributed by atoms with Crippen LogP contribution in [0.5, 0.6) is 0 Å². The summed E-state index contributed by atoms with van der Waals surface area (Å²) in [4.78, 5) is 8.19. The van der Waals surface area contributed by atoms with Gasteiger partial charge in [-0.1, -0.05) is 48.1 Å². The first-order valence-corrected chi connectivity index (χ1v) is 11.6. The summed E-state index contributed by atoms with van der Waals surface area (Å²) in [6, 6.07) is 12.5. The van der Waals surface area contributed by atoms with Gasteiger partial charge >= 0.3 is 0 Å². The molecule has 0 spiro atoms. The zero-order valence-corrected chi connectivity index (χ0v) is 18.1. The fraction of sp³-hybridized carbons (Fsp3) is 0.391. The number of aromatic nitrogens is 4. The molecule has 0 unspecified atom stereocenters. The highest BCUT2D eigenvalue weighted by molar-refractivity contribution is 7.17. The minimum absolute atomic E-state index is 0.537. The molecule has 0 amide bonds. The van der Waals surface area contributed by atoms with Gasteiger partial charge in [-0.15, -0.1) is 10.2 Å². The van der Waals surface area contributed by atoms with Crippen molar-refractivity contribution in [1.29, 1.82) is 5.26 Å². The molecular weight excluding hydrogens is 408 g/mol. The van der Waals surface area contributed by atoms with Gasteiger partial charge < -0.3 is 14.2 Å². The molecule has 4 heterocycles. The van der Waals surface area contributed by atoms with Crippen LogP contribution in [0, 0.1) is 11.3 Å². The molecule has 0 radical (unpaired) electrons. The monoisotopic (exact) mass is 432 g/mol. The number of nitriles is 1. The molecule has 2 aliphatic heterocycles. The number of allylic oxidation sites excluding steroid dienone is 1. The molecule has 1 aromatic carbocycles. The third-order valence-electron chi connectivity index (χ3n) is 5.72. The molecule has 1 saturated heterocycles. The van der Waals surface area contributed by atoms with Gasteiger partial charge in [-0.3, -0.25) is 0 Å². The maximum Gasteiger partial charge on any atom is 0.186 e. The van der Waals surface area contributed by atoms with Crippen molar-refractivity contribution in [1.82, 2.24) is 19.7 Å². The van der Waals surface area contributed by atoms with Gasteiger partial charge in [0, 0.05) is 31.6 Å². The fourth-order valence-electron chi connectivity index (χ4n) is 4.07. The summed E-state index contributed by atoms with van der Waals surface area (Å²) >= 11 is 1.62. The van der Waals surface area contributed by atoms with Crippen molar-refractivity contribution in [2.75, 3.05) is 31.2 Å². The van der Waals surface area contributed by atoms with E-state index in [0.717, 1.165) is 66.0 Å². The van der Waals surface area contributed by atoms with Crippen LogP contribution in [0.2, 0.25) is 0 Å². The smallest absolute Gasteiger partial charge is 0.186 e.